The zero-order valence-electron chi connectivity index (χ0n) is 8.97. The second-order valence-electron chi connectivity index (χ2n) is 4.04. The maximum atomic E-state index is 12.0. The van der Waals surface area contributed by atoms with E-state index in [1.54, 1.807) is 6.07 Å². The van der Waals surface area contributed by atoms with Crippen LogP contribution in [0.2, 0.25) is 0 Å². The Kier molecular flexibility index (Phi) is 2.82. The smallest absolute Gasteiger partial charge is 0.406 e. The summed E-state index contributed by atoms with van der Waals surface area (Å²) in [6, 6.07) is 4.65. The van der Waals surface area contributed by atoms with Crippen molar-refractivity contribution in [2.45, 2.75) is 38.5 Å². The maximum Gasteiger partial charge on any atom is 0.573 e. The van der Waals surface area contributed by atoms with E-state index in [4.69, 9.17) is 0 Å². The highest BCUT2D eigenvalue weighted by molar-refractivity contribution is 5.40. The summed E-state index contributed by atoms with van der Waals surface area (Å²) in [5.41, 5.74) is 2.14. The molecule has 0 spiro atoms. The van der Waals surface area contributed by atoms with E-state index < -0.39 is 6.36 Å². The first kappa shape index (κ1) is 11.3. The lowest BCUT2D eigenvalue weighted by Crippen LogP contribution is -2.17. The number of aryl methyl sites for hydroxylation is 1. The highest BCUT2D eigenvalue weighted by Crippen LogP contribution is 2.43. The van der Waals surface area contributed by atoms with Crippen molar-refractivity contribution < 1.29 is 17.9 Å². The molecule has 88 valence electrons. The van der Waals surface area contributed by atoms with Gasteiger partial charge in [-0.25, -0.2) is 0 Å². The lowest BCUT2D eigenvalue weighted by molar-refractivity contribution is -0.274. The Hall–Kier alpha value is -1.19. The SMILES string of the molecule is CCc1ccc(OC(F)(F)F)cc1C1CC1. The summed E-state index contributed by atoms with van der Waals surface area (Å²) >= 11 is 0. The second-order valence-corrected chi connectivity index (χ2v) is 4.04. The van der Waals surface area contributed by atoms with E-state index in [2.05, 4.69) is 4.74 Å². The zero-order valence-corrected chi connectivity index (χ0v) is 8.97. The molecule has 1 saturated carbocycles. The molecule has 1 aromatic rings. The van der Waals surface area contributed by atoms with Gasteiger partial charge in [-0.05, 0) is 48.4 Å². The van der Waals surface area contributed by atoms with Crippen LogP contribution in [0.1, 0.15) is 36.8 Å². The van der Waals surface area contributed by atoms with Crippen molar-refractivity contribution in [1.29, 1.82) is 0 Å². The number of halogens is 3. The van der Waals surface area contributed by atoms with Gasteiger partial charge in [0, 0.05) is 0 Å². The summed E-state index contributed by atoms with van der Waals surface area (Å²) in [5.74, 6) is 0.332. The Bertz CT molecular complexity index is 380. The van der Waals surface area contributed by atoms with Crippen LogP contribution in [0.15, 0.2) is 18.2 Å². The van der Waals surface area contributed by atoms with Gasteiger partial charge in [-0.1, -0.05) is 13.0 Å². The van der Waals surface area contributed by atoms with E-state index in [-0.39, 0.29) is 5.75 Å². The van der Waals surface area contributed by atoms with Crippen molar-refractivity contribution in [2.75, 3.05) is 0 Å². The third-order valence-corrected chi connectivity index (χ3v) is 2.75. The zero-order chi connectivity index (χ0) is 11.8. The molecule has 0 N–H and O–H groups in total. The minimum atomic E-state index is -4.60. The second kappa shape index (κ2) is 4.00. The largest absolute Gasteiger partial charge is 0.573 e. The molecule has 0 saturated heterocycles. The fourth-order valence-electron chi connectivity index (χ4n) is 1.87. The molecule has 0 aromatic heterocycles. The Morgan fingerprint density at radius 3 is 2.50 bits per heavy atom. The van der Waals surface area contributed by atoms with E-state index in [9.17, 15) is 13.2 Å². The average molecular weight is 230 g/mol. The third-order valence-electron chi connectivity index (χ3n) is 2.75. The summed E-state index contributed by atoms with van der Waals surface area (Å²) in [7, 11) is 0. The molecule has 4 heteroatoms. The van der Waals surface area contributed by atoms with Crippen LogP contribution in [-0.4, -0.2) is 6.36 Å². The third kappa shape index (κ3) is 2.68. The van der Waals surface area contributed by atoms with Crippen LogP contribution in [0.5, 0.6) is 5.75 Å². The van der Waals surface area contributed by atoms with E-state index >= 15 is 0 Å². The molecule has 1 aromatic carbocycles. The number of benzene rings is 1. The van der Waals surface area contributed by atoms with Gasteiger partial charge in [0.2, 0.25) is 0 Å². The van der Waals surface area contributed by atoms with Gasteiger partial charge in [0.05, 0.1) is 0 Å². The first-order valence-electron chi connectivity index (χ1n) is 5.38. The normalized spacial score (nSPS) is 16.2. The van der Waals surface area contributed by atoms with Gasteiger partial charge in [0.25, 0.3) is 0 Å². The monoisotopic (exact) mass is 230 g/mol. The van der Waals surface area contributed by atoms with Gasteiger partial charge >= 0.3 is 6.36 Å². The van der Waals surface area contributed by atoms with Crippen molar-refractivity contribution in [3.05, 3.63) is 29.3 Å². The number of hydrogen-bond acceptors (Lipinski definition) is 1. The molecule has 0 amide bonds. The van der Waals surface area contributed by atoms with Crippen molar-refractivity contribution in [2.24, 2.45) is 0 Å². The molecule has 0 bridgehead atoms. The van der Waals surface area contributed by atoms with Crippen molar-refractivity contribution >= 4 is 0 Å². The molecule has 0 radical (unpaired) electrons. The van der Waals surface area contributed by atoms with Crippen LogP contribution in [-0.2, 0) is 6.42 Å². The molecule has 0 unspecified atom stereocenters. The quantitative estimate of drug-likeness (QED) is 0.761. The van der Waals surface area contributed by atoms with E-state index in [1.807, 2.05) is 6.92 Å². The van der Waals surface area contributed by atoms with Crippen LogP contribution in [0, 0.1) is 0 Å². The lowest BCUT2D eigenvalue weighted by Gasteiger charge is -2.12. The summed E-state index contributed by atoms with van der Waals surface area (Å²) in [6.07, 6.45) is -1.61. The van der Waals surface area contributed by atoms with Crippen LogP contribution in [0.3, 0.4) is 0 Å². The molecule has 1 nitrogen and oxygen atoms in total. The lowest BCUT2D eigenvalue weighted by atomic mass is 10.0. The molecule has 2 rings (SSSR count). The first-order chi connectivity index (χ1) is 7.49. The molecular formula is C12H13F3O. The standard InChI is InChI=1S/C12H13F3O/c1-2-8-5-6-10(16-12(13,14)15)7-11(8)9-3-4-9/h5-7,9H,2-4H2,1H3. The van der Waals surface area contributed by atoms with E-state index in [0.717, 1.165) is 30.4 Å². The number of rotatable bonds is 3. The summed E-state index contributed by atoms with van der Waals surface area (Å²) in [5, 5.41) is 0. The Balaban J connectivity index is 2.24. The molecule has 1 fully saturated rings. The van der Waals surface area contributed by atoms with Gasteiger partial charge in [-0.2, -0.15) is 0 Å². The van der Waals surface area contributed by atoms with Crippen LogP contribution >= 0.6 is 0 Å². The Labute approximate surface area is 92.2 Å². The predicted octanol–water partition coefficient (Wildman–Crippen LogP) is 4.03. The average Bonchev–Trinajstić information content (AvgIpc) is 2.98. The fourth-order valence-corrected chi connectivity index (χ4v) is 1.87. The summed E-state index contributed by atoms with van der Waals surface area (Å²) in [6.45, 7) is 2.01. The summed E-state index contributed by atoms with van der Waals surface area (Å²) in [4.78, 5) is 0. The molecule has 1 aliphatic rings. The minimum Gasteiger partial charge on any atom is -0.406 e. The van der Waals surface area contributed by atoms with Crippen LogP contribution in [0.25, 0.3) is 0 Å². The van der Waals surface area contributed by atoms with Crippen molar-refractivity contribution in [3.63, 3.8) is 0 Å². The van der Waals surface area contributed by atoms with Gasteiger partial charge in [0.1, 0.15) is 5.75 Å². The highest BCUT2D eigenvalue weighted by Gasteiger charge is 2.32. The topological polar surface area (TPSA) is 9.23 Å². The Morgan fingerprint density at radius 2 is 2.00 bits per heavy atom. The molecule has 16 heavy (non-hydrogen) atoms. The van der Waals surface area contributed by atoms with Gasteiger partial charge in [-0.3, -0.25) is 0 Å². The molecule has 0 aliphatic heterocycles. The summed E-state index contributed by atoms with van der Waals surface area (Å²) < 4.78 is 40.1. The number of alkyl halides is 3. The van der Waals surface area contributed by atoms with Gasteiger partial charge in [-0.15, -0.1) is 13.2 Å². The molecule has 1 aliphatic carbocycles. The minimum absolute atomic E-state index is 0.105. The Morgan fingerprint density at radius 1 is 1.31 bits per heavy atom. The molecule has 0 atom stereocenters. The van der Waals surface area contributed by atoms with Gasteiger partial charge < -0.3 is 4.74 Å². The molecule has 0 heterocycles. The maximum absolute atomic E-state index is 12.0. The fraction of sp³-hybridized carbons (Fsp3) is 0.500. The van der Waals surface area contributed by atoms with E-state index in [0.29, 0.717) is 5.92 Å². The number of hydrogen-bond donors (Lipinski definition) is 0. The first-order valence-corrected chi connectivity index (χ1v) is 5.38. The van der Waals surface area contributed by atoms with Crippen LogP contribution < -0.4 is 4.74 Å². The van der Waals surface area contributed by atoms with E-state index in [1.165, 1.54) is 12.1 Å². The molecular weight excluding hydrogens is 217 g/mol. The number of ether oxygens (including phenoxy) is 1. The predicted molar refractivity (Wildman–Crippen MR) is 54.5 cm³/mol. The van der Waals surface area contributed by atoms with Crippen LogP contribution in [0.4, 0.5) is 13.2 Å². The van der Waals surface area contributed by atoms with Gasteiger partial charge in [0.15, 0.2) is 0 Å². The highest BCUT2D eigenvalue weighted by atomic mass is 19.4. The van der Waals surface area contributed by atoms with Crippen molar-refractivity contribution in [3.8, 4) is 5.75 Å². The van der Waals surface area contributed by atoms with Crippen molar-refractivity contribution in [1.82, 2.24) is 0 Å².